The molecule has 0 spiro atoms. The number of phenols is 1. The van der Waals surface area contributed by atoms with Crippen molar-refractivity contribution in [3.05, 3.63) is 57.2 Å². The first-order valence-electron chi connectivity index (χ1n) is 7.78. The topological polar surface area (TPSA) is 130 Å². The van der Waals surface area contributed by atoms with Gasteiger partial charge in [0.25, 0.3) is 5.91 Å². The van der Waals surface area contributed by atoms with Crippen molar-refractivity contribution in [1.82, 2.24) is 0 Å². The maximum Gasteiger partial charge on any atom is 0.405 e. The fraction of sp³-hybridized carbons (Fsp3) is 0.176. The molecule has 156 valence electrons. The zero-order chi connectivity index (χ0) is 22.0. The van der Waals surface area contributed by atoms with Crippen molar-refractivity contribution in [3.63, 3.8) is 0 Å². The molecule has 0 radical (unpaired) electrons. The van der Waals surface area contributed by atoms with Crippen LogP contribution in [0.5, 0.6) is 5.75 Å². The number of phenolic OH excluding ortho intramolecular Hbond substituents is 1. The number of benzene rings is 2. The average Bonchev–Trinajstić information content (AvgIpc) is 2.61. The van der Waals surface area contributed by atoms with Gasteiger partial charge in [-0.15, -0.1) is 0 Å². The van der Waals surface area contributed by atoms with E-state index in [4.69, 9.17) is 4.55 Å². The minimum atomic E-state index is -5.76. The fourth-order valence-electron chi connectivity index (χ4n) is 2.08. The van der Waals surface area contributed by atoms with Crippen molar-refractivity contribution in [3.8, 4) is 5.75 Å². The molecule has 0 bridgehead atoms. The molecule has 0 saturated heterocycles. The first-order chi connectivity index (χ1) is 13.3. The molecule has 12 heteroatoms. The lowest BCUT2D eigenvalue weighted by Crippen LogP contribution is -2.42. The van der Waals surface area contributed by atoms with Crippen LogP contribution in [0.25, 0.3) is 0 Å². The number of nitrogens with one attached hydrogen (secondary N) is 1. The SMILES string of the molecule is CC(OC(=O)c1ccc(NC(=O)c2ccc(O)cc2I)cc1)C(F)(F)S(=O)(=O)O. The Morgan fingerprint density at radius 3 is 2.28 bits per heavy atom. The molecule has 2 aromatic rings. The molecule has 0 aliphatic heterocycles. The summed E-state index contributed by atoms with van der Waals surface area (Å²) in [6.45, 7) is 0.625. The van der Waals surface area contributed by atoms with Crippen LogP contribution in [-0.2, 0) is 14.9 Å². The van der Waals surface area contributed by atoms with E-state index in [1.165, 1.54) is 42.5 Å². The van der Waals surface area contributed by atoms with Gasteiger partial charge in [0.15, 0.2) is 6.10 Å². The number of hydrogen-bond acceptors (Lipinski definition) is 6. The van der Waals surface area contributed by atoms with Crippen molar-refractivity contribution in [2.75, 3.05) is 5.32 Å². The molecule has 1 amide bonds. The van der Waals surface area contributed by atoms with Crippen LogP contribution in [0.1, 0.15) is 27.6 Å². The van der Waals surface area contributed by atoms with Crippen LogP contribution in [0, 0.1) is 3.57 Å². The van der Waals surface area contributed by atoms with Gasteiger partial charge in [0.1, 0.15) is 5.75 Å². The van der Waals surface area contributed by atoms with Crippen LogP contribution in [-0.4, -0.2) is 41.3 Å². The van der Waals surface area contributed by atoms with Crippen LogP contribution < -0.4 is 5.32 Å². The summed E-state index contributed by atoms with van der Waals surface area (Å²) in [4.78, 5) is 24.2. The first kappa shape index (κ1) is 23.0. The Balaban J connectivity index is 2.08. The van der Waals surface area contributed by atoms with E-state index in [1.54, 1.807) is 0 Å². The Labute approximate surface area is 177 Å². The number of hydrogen-bond donors (Lipinski definition) is 3. The highest BCUT2D eigenvalue weighted by Crippen LogP contribution is 2.28. The number of aromatic hydroxyl groups is 1. The summed E-state index contributed by atoms with van der Waals surface area (Å²) in [7, 11) is -5.76. The number of esters is 1. The summed E-state index contributed by atoms with van der Waals surface area (Å²) in [5, 5.41) is 7.27. The average molecular weight is 541 g/mol. The number of rotatable bonds is 6. The lowest BCUT2D eigenvalue weighted by Gasteiger charge is -2.20. The number of carbonyl (C=O) groups excluding carboxylic acids is 2. The minimum Gasteiger partial charge on any atom is -0.508 e. The first-order valence-corrected chi connectivity index (χ1v) is 10.3. The highest BCUT2D eigenvalue weighted by molar-refractivity contribution is 14.1. The van der Waals surface area contributed by atoms with Gasteiger partial charge in [0.2, 0.25) is 0 Å². The van der Waals surface area contributed by atoms with E-state index in [1.807, 2.05) is 22.6 Å². The van der Waals surface area contributed by atoms with E-state index in [0.29, 0.717) is 16.1 Å². The Kier molecular flexibility index (Phi) is 6.80. The molecule has 0 aliphatic rings. The van der Waals surface area contributed by atoms with Gasteiger partial charge in [-0.25, -0.2) is 4.79 Å². The summed E-state index contributed by atoms with van der Waals surface area (Å²) in [5.41, 5.74) is 0.403. The molecule has 0 aliphatic carbocycles. The Morgan fingerprint density at radius 1 is 1.17 bits per heavy atom. The van der Waals surface area contributed by atoms with Crippen molar-refractivity contribution < 1.29 is 41.2 Å². The van der Waals surface area contributed by atoms with E-state index in [9.17, 15) is 31.9 Å². The summed E-state index contributed by atoms with van der Waals surface area (Å²) in [6, 6.07) is 9.16. The molecule has 3 N–H and O–H groups in total. The maximum atomic E-state index is 13.4. The summed E-state index contributed by atoms with van der Waals surface area (Å²) in [5.74, 6) is -1.72. The zero-order valence-electron chi connectivity index (χ0n) is 14.6. The third-order valence-electron chi connectivity index (χ3n) is 3.68. The second kappa shape index (κ2) is 8.59. The van der Waals surface area contributed by atoms with E-state index in [-0.39, 0.29) is 17.0 Å². The van der Waals surface area contributed by atoms with E-state index < -0.39 is 33.4 Å². The van der Waals surface area contributed by atoms with Gasteiger partial charge < -0.3 is 15.2 Å². The number of alkyl halides is 2. The van der Waals surface area contributed by atoms with Crippen molar-refractivity contribution in [2.45, 2.75) is 18.3 Å². The molecule has 1 atom stereocenters. The predicted molar refractivity (Wildman–Crippen MR) is 107 cm³/mol. The van der Waals surface area contributed by atoms with E-state index in [0.717, 1.165) is 0 Å². The van der Waals surface area contributed by atoms with Gasteiger partial charge >= 0.3 is 21.3 Å². The zero-order valence-corrected chi connectivity index (χ0v) is 17.6. The number of carbonyl (C=O) groups is 2. The third-order valence-corrected chi connectivity index (χ3v) is 5.59. The van der Waals surface area contributed by atoms with Gasteiger partial charge in [-0.3, -0.25) is 9.35 Å². The smallest absolute Gasteiger partial charge is 0.405 e. The van der Waals surface area contributed by atoms with Crippen LogP contribution in [0.4, 0.5) is 14.5 Å². The number of halogens is 3. The van der Waals surface area contributed by atoms with Gasteiger partial charge in [-0.2, -0.15) is 17.2 Å². The molecule has 0 saturated carbocycles. The number of ether oxygens (including phenoxy) is 1. The second-order valence-electron chi connectivity index (χ2n) is 5.78. The quantitative estimate of drug-likeness (QED) is 0.291. The van der Waals surface area contributed by atoms with Gasteiger partial charge in [-0.1, -0.05) is 0 Å². The highest BCUT2D eigenvalue weighted by Gasteiger charge is 2.52. The maximum absolute atomic E-state index is 13.4. The van der Waals surface area contributed by atoms with Gasteiger partial charge in [0.05, 0.1) is 11.1 Å². The molecule has 2 rings (SSSR count). The molecule has 8 nitrogen and oxygen atoms in total. The van der Waals surface area contributed by atoms with Gasteiger partial charge in [0, 0.05) is 9.26 Å². The second-order valence-corrected chi connectivity index (χ2v) is 8.44. The normalized spacial score (nSPS) is 12.9. The monoisotopic (exact) mass is 541 g/mol. The lowest BCUT2D eigenvalue weighted by atomic mass is 10.1. The van der Waals surface area contributed by atoms with E-state index in [2.05, 4.69) is 10.1 Å². The highest BCUT2D eigenvalue weighted by atomic mass is 127. The van der Waals surface area contributed by atoms with Crippen LogP contribution in [0.2, 0.25) is 0 Å². The fourth-order valence-corrected chi connectivity index (χ4v) is 3.29. The Morgan fingerprint density at radius 2 is 1.76 bits per heavy atom. The van der Waals surface area contributed by atoms with Crippen molar-refractivity contribution in [2.24, 2.45) is 0 Å². The molecule has 0 fully saturated rings. The van der Waals surface area contributed by atoms with E-state index >= 15 is 0 Å². The standard InChI is InChI=1S/C17H14F2INO7S/c1-9(17(18,19)29(25,26)27)28-16(24)10-2-4-11(5-3-10)21-15(23)13-7-6-12(22)8-14(13)20/h2-9,22H,1H3,(H,21,23)(H,25,26,27). The molecule has 0 aromatic heterocycles. The van der Waals surface area contributed by atoms with Crippen LogP contribution >= 0.6 is 22.6 Å². The van der Waals surface area contributed by atoms with Crippen molar-refractivity contribution >= 4 is 50.3 Å². The molecular weight excluding hydrogens is 527 g/mol. The number of anilines is 1. The Bertz CT molecular complexity index is 1040. The van der Waals surface area contributed by atoms with Gasteiger partial charge in [-0.05, 0) is 72.0 Å². The largest absolute Gasteiger partial charge is 0.508 e. The third kappa shape index (κ3) is 5.39. The molecule has 1 unspecified atom stereocenters. The number of amides is 1. The summed E-state index contributed by atoms with van der Waals surface area (Å²) in [6.07, 6.45) is -2.43. The predicted octanol–water partition coefficient (Wildman–Crippen LogP) is 3.28. The summed E-state index contributed by atoms with van der Waals surface area (Å²) < 4.78 is 61.7. The van der Waals surface area contributed by atoms with Crippen molar-refractivity contribution in [1.29, 1.82) is 0 Å². The lowest BCUT2D eigenvalue weighted by molar-refractivity contribution is -0.0549. The van der Waals surface area contributed by atoms with Crippen LogP contribution in [0.15, 0.2) is 42.5 Å². The molecule has 0 heterocycles. The molecule has 2 aromatic carbocycles. The minimum absolute atomic E-state index is 0.00243. The van der Waals surface area contributed by atoms with Crippen LogP contribution in [0.3, 0.4) is 0 Å². The summed E-state index contributed by atoms with van der Waals surface area (Å²) >= 11 is 1.88. The Hall–Kier alpha value is -2.32. The molecule has 29 heavy (non-hydrogen) atoms. The molecular formula is C17H14F2INO7S.